The summed E-state index contributed by atoms with van der Waals surface area (Å²) in [7, 11) is 0. The van der Waals surface area contributed by atoms with E-state index in [9.17, 15) is 0 Å². The zero-order valence-corrected chi connectivity index (χ0v) is 13.2. The molecular weight excluding hydrogens is 274 g/mol. The van der Waals surface area contributed by atoms with Crippen LogP contribution in [0.25, 0.3) is 0 Å². The van der Waals surface area contributed by atoms with Crippen molar-refractivity contribution < 1.29 is 0 Å². The Morgan fingerprint density at radius 3 is 2.84 bits per heavy atom. The first-order chi connectivity index (χ1) is 9.29. The van der Waals surface area contributed by atoms with Crippen LogP contribution in [0.5, 0.6) is 0 Å². The normalized spacial score (nSPS) is 26.4. The molecular formula is C14H21N3S2. The van der Waals surface area contributed by atoms with E-state index in [-0.39, 0.29) is 0 Å². The van der Waals surface area contributed by atoms with Crippen LogP contribution in [0, 0.1) is 0 Å². The van der Waals surface area contributed by atoms with E-state index in [0.717, 1.165) is 31.8 Å². The fourth-order valence-electron chi connectivity index (χ4n) is 2.75. The molecule has 0 aromatic carbocycles. The highest BCUT2D eigenvalue weighted by molar-refractivity contribution is 8.06. The predicted molar refractivity (Wildman–Crippen MR) is 83.7 cm³/mol. The van der Waals surface area contributed by atoms with Crippen molar-refractivity contribution in [3.63, 3.8) is 0 Å². The van der Waals surface area contributed by atoms with Gasteiger partial charge in [0, 0.05) is 41.1 Å². The Labute approximate surface area is 123 Å². The minimum Gasteiger partial charge on any atom is -0.307 e. The standard InChI is InChI=1S/C14H21N3S2/c1-3-4-11-10-7-15-8-12(10)17-14(16-11)13-9(2)18-5-6-19-13/h9,13,15H,3-8H2,1-2H3. The van der Waals surface area contributed by atoms with Crippen molar-refractivity contribution in [1.29, 1.82) is 0 Å². The zero-order chi connectivity index (χ0) is 13.2. The van der Waals surface area contributed by atoms with E-state index in [0.29, 0.717) is 10.5 Å². The van der Waals surface area contributed by atoms with Gasteiger partial charge in [0.2, 0.25) is 0 Å². The number of fused-ring (bicyclic) bond motifs is 1. The number of nitrogens with zero attached hydrogens (tertiary/aromatic N) is 2. The maximum atomic E-state index is 4.92. The lowest BCUT2D eigenvalue weighted by Crippen LogP contribution is -2.19. The van der Waals surface area contributed by atoms with Crippen LogP contribution in [-0.2, 0) is 19.5 Å². The number of thioether (sulfide) groups is 2. The number of rotatable bonds is 3. The molecule has 1 aromatic rings. The van der Waals surface area contributed by atoms with Crippen LogP contribution in [-0.4, -0.2) is 26.7 Å². The molecule has 1 saturated heterocycles. The molecule has 2 unspecified atom stereocenters. The van der Waals surface area contributed by atoms with Crippen LogP contribution in [0.3, 0.4) is 0 Å². The van der Waals surface area contributed by atoms with E-state index in [2.05, 4.69) is 30.9 Å². The van der Waals surface area contributed by atoms with E-state index in [1.165, 1.54) is 28.5 Å². The molecule has 1 fully saturated rings. The predicted octanol–water partition coefficient (Wildman–Crippen LogP) is 2.94. The Balaban J connectivity index is 1.95. The van der Waals surface area contributed by atoms with Gasteiger partial charge in [-0.1, -0.05) is 20.3 Å². The highest BCUT2D eigenvalue weighted by atomic mass is 32.2. The average Bonchev–Trinajstić information content (AvgIpc) is 2.88. The Morgan fingerprint density at radius 1 is 1.21 bits per heavy atom. The lowest BCUT2D eigenvalue weighted by Gasteiger charge is -2.27. The smallest absolute Gasteiger partial charge is 0.143 e. The minimum atomic E-state index is 0.472. The third kappa shape index (κ3) is 2.78. The summed E-state index contributed by atoms with van der Waals surface area (Å²) in [6, 6.07) is 0. The summed E-state index contributed by atoms with van der Waals surface area (Å²) in [6.45, 7) is 6.41. The van der Waals surface area contributed by atoms with E-state index in [1.807, 2.05) is 11.8 Å². The van der Waals surface area contributed by atoms with Gasteiger partial charge in [0.15, 0.2) is 0 Å². The maximum absolute atomic E-state index is 4.92. The first-order valence-corrected chi connectivity index (χ1v) is 9.21. The van der Waals surface area contributed by atoms with Gasteiger partial charge in [-0.05, 0) is 6.42 Å². The molecule has 2 aliphatic heterocycles. The van der Waals surface area contributed by atoms with Gasteiger partial charge >= 0.3 is 0 Å². The second kappa shape index (κ2) is 6.02. The largest absolute Gasteiger partial charge is 0.307 e. The Morgan fingerprint density at radius 2 is 2.05 bits per heavy atom. The molecule has 3 heterocycles. The topological polar surface area (TPSA) is 37.8 Å². The fraction of sp³-hybridized carbons (Fsp3) is 0.714. The molecule has 3 rings (SSSR count). The summed E-state index contributed by atoms with van der Waals surface area (Å²) >= 11 is 4.09. The number of nitrogens with one attached hydrogen (secondary N) is 1. The van der Waals surface area contributed by atoms with Crippen molar-refractivity contribution in [2.75, 3.05) is 11.5 Å². The first-order valence-electron chi connectivity index (χ1n) is 7.12. The molecule has 0 spiro atoms. The number of hydrogen-bond acceptors (Lipinski definition) is 5. The van der Waals surface area contributed by atoms with Crippen molar-refractivity contribution in [2.45, 2.75) is 50.3 Å². The Bertz CT molecular complexity index is 464. The van der Waals surface area contributed by atoms with Crippen LogP contribution < -0.4 is 5.32 Å². The number of aromatic nitrogens is 2. The van der Waals surface area contributed by atoms with Crippen LogP contribution in [0.4, 0.5) is 0 Å². The first kappa shape index (κ1) is 13.7. The molecule has 3 nitrogen and oxygen atoms in total. The fourth-order valence-corrected chi connectivity index (χ4v) is 5.44. The summed E-state index contributed by atoms with van der Waals surface area (Å²) in [5.41, 5.74) is 3.90. The van der Waals surface area contributed by atoms with Crippen molar-refractivity contribution in [3.05, 3.63) is 22.8 Å². The molecule has 104 valence electrons. The van der Waals surface area contributed by atoms with Crippen LogP contribution >= 0.6 is 23.5 Å². The van der Waals surface area contributed by atoms with Gasteiger partial charge < -0.3 is 5.32 Å². The molecule has 1 N–H and O–H groups in total. The van der Waals surface area contributed by atoms with E-state index < -0.39 is 0 Å². The number of aryl methyl sites for hydroxylation is 1. The van der Waals surface area contributed by atoms with Crippen molar-refractivity contribution >= 4 is 23.5 Å². The molecule has 0 radical (unpaired) electrons. The van der Waals surface area contributed by atoms with Crippen molar-refractivity contribution in [2.24, 2.45) is 0 Å². The molecule has 2 aliphatic rings. The molecule has 19 heavy (non-hydrogen) atoms. The van der Waals surface area contributed by atoms with Gasteiger partial charge in [-0.25, -0.2) is 9.97 Å². The van der Waals surface area contributed by atoms with Crippen LogP contribution in [0.2, 0.25) is 0 Å². The molecule has 0 bridgehead atoms. The molecule has 0 amide bonds. The van der Waals surface area contributed by atoms with Crippen LogP contribution in [0.15, 0.2) is 0 Å². The highest BCUT2D eigenvalue weighted by Crippen LogP contribution is 2.41. The lowest BCUT2D eigenvalue weighted by atomic mass is 10.1. The zero-order valence-electron chi connectivity index (χ0n) is 11.6. The maximum Gasteiger partial charge on any atom is 0.143 e. The summed E-state index contributed by atoms with van der Waals surface area (Å²) in [5, 5.41) is 4.51. The van der Waals surface area contributed by atoms with Gasteiger partial charge in [0.25, 0.3) is 0 Å². The second-order valence-corrected chi connectivity index (χ2v) is 7.91. The monoisotopic (exact) mass is 295 g/mol. The third-order valence-electron chi connectivity index (χ3n) is 3.72. The second-order valence-electron chi connectivity index (χ2n) is 5.17. The molecule has 5 heteroatoms. The summed E-state index contributed by atoms with van der Waals surface area (Å²) in [6.07, 6.45) is 2.24. The summed E-state index contributed by atoms with van der Waals surface area (Å²) in [4.78, 5) is 9.79. The van der Waals surface area contributed by atoms with Gasteiger partial charge in [0.1, 0.15) is 5.82 Å². The molecule has 1 aromatic heterocycles. The third-order valence-corrected chi connectivity index (χ3v) is 6.81. The highest BCUT2D eigenvalue weighted by Gasteiger charge is 2.29. The lowest BCUT2D eigenvalue weighted by molar-refractivity contribution is 0.752. The van der Waals surface area contributed by atoms with E-state index in [1.54, 1.807) is 0 Å². The average molecular weight is 295 g/mol. The van der Waals surface area contributed by atoms with Crippen molar-refractivity contribution in [3.8, 4) is 0 Å². The van der Waals surface area contributed by atoms with Crippen molar-refractivity contribution in [1.82, 2.24) is 15.3 Å². The Kier molecular flexibility index (Phi) is 4.34. The van der Waals surface area contributed by atoms with E-state index in [4.69, 9.17) is 9.97 Å². The molecule has 0 aliphatic carbocycles. The minimum absolute atomic E-state index is 0.472. The van der Waals surface area contributed by atoms with Gasteiger partial charge in [-0.3, -0.25) is 0 Å². The SMILES string of the molecule is CCCc1nc(C2SCCSC2C)nc2c1CNC2. The van der Waals surface area contributed by atoms with Gasteiger partial charge in [-0.15, -0.1) is 11.8 Å². The molecule has 2 atom stereocenters. The quantitative estimate of drug-likeness (QED) is 0.928. The Hall–Kier alpha value is -0.260. The van der Waals surface area contributed by atoms with Gasteiger partial charge in [-0.2, -0.15) is 11.8 Å². The molecule has 0 saturated carbocycles. The van der Waals surface area contributed by atoms with Gasteiger partial charge in [0.05, 0.1) is 10.9 Å². The number of hydrogen-bond donors (Lipinski definition) is 1. The van der Waals surface area contributed by atoms with Crippen LogP contribution in [0.1, 0.15) is 48.3 Å². The summed E-state index contributed by atoms with van der Waals surface area (Å²) < 4.78 is 0. The summed E-state index contributed by atoms with van der Waals surface area (Å²) in [5.74, 6) is 3.56. The van der Waals surface area contributed by atoms with E-state index >= 15 is 0 Å².